The van der Waals surface area contributed by atoms with Crippen LogP contribution >= 0.6 is 0 Å². The van der Waals surface area contributed by atoms with Gasteiger partial charge in [0.25, 0.3) is 0 Å². The summed E-state index contributed by atoms with van der Waals surface area (Å²) in [4.78, 5) is 0.931. The van der Waals surface area contributed by atoms with Crippen molar-refractivity contribution in [1.29, 1.82) is 0 Å². The van der Waals surface area contributed by atoms with Crippen molar-refractivity contribution in [2.75, 3.05) is 0 Å². The molecule has 0 saturated carbocycles. The number of azo groups is 1. The van der Waals surface area contributed by atoms with E-state index in [1.807, 2.05) is 0 Å². The average molecular weight is 174 g/mol. The highest BCUT2D eigenvalue weighted by Gasteiger charge is 2.34. The summed E-state index contributed by atoms with van der Waals surface area (Å²) >= 11 is 0. The maximum Gasteiger partial charge on any atom is 0.230 e. The number of nitrogens with zero attached hydrogens (tertiary/aromatic N) is 2. The molecular formula is C8H18N2O2. The van der Waals surface area contributed by atoms with Crippen LogP contribution in [0.4, 0.5) is 0 Å². The molecule has 0 aromatic heterocycles. The molecule has 0 rings (SSSR count). The van der Waals surface area contributed by atoms with Gasteiger partial charge in [-0.25, -0.2) is 0 Å². The van der Waals surface area contributed by atoms with E-state index < -0.39 is 11.1 Å². The van der Waals surface area contributed by atoms with Gasteiger partial charge in [0.05, 0.1) is 0 Å². The highest BCUT2D eigenvalue weighted by atomic mass is 16.6. The Morgan fingerprint density at radius 2 is 0.833 bits per heavy atom. The van der Waals surface area contributed by atoms with Crippen molar-refractivity contribution in [2.24, 2.45) is 0 Å². The van der Waals surface area contributed by atoms with Gasteiger partial charge < -0.3 is 10.4 Å². The second-order valence-electron chi connectivity index (χ2n) is 4.89. The van der Waals surface area contributed by atoms with Crippen LogP contribution in [-0.4, -0.2) is 20.8 Å². The zero-order valence-electron chi connectivity index (χ0n) is 8.71. The molecule has 0 amide bonds. The Labute approximate surface area is 73.7 Å². The lowest BCUT2D eigenvalue weighted by Crippen LogP contribution is -2.42. The second kappa shape index (κ2) is 2.92. The molecule has 0 aliphatic rings. The first-order chi connectivity index (χ1) is 5.07. The highest BCUT2D eigenvalue weighted by Crippen LogP contribution is 2.12. The third kappa shape index (κ3) is 2.68. The summed E-state index contributed by atoms with van der Waals surface area (Å²) in [6.45, 7) is 10.2. The fraction of sp³-hybridized carbons (Fsp3) is 1.00. The maximum absolute atomic E-state index is 11.3. The zero-order valence-corrected chi connectivity index (χ0v) is 8.71. The Morgan fingerprint density at radius 3 is 0.917 bits per heavy atom. The Hall–Kier alpha value is -0.800. The summed E-state index contributed by atoms with van der Waals surface area (Å²) < 4.78 is 0. The van der Waals surface area contributed by atoms with Gasteiger partial charge in [-0.3, -0.25) is 0 Å². The maximum atomic E-state index is 11.3. The first-order valence-corrected chi connectivity index (χ1v) is 4.01. The molecule has 0 aromatic rings. The smallest absolute Gasteiger partial charge is 0.230 e. The Bertz CT molecular complexity index is 174. The van der Waals surface area contributed by atoms with Crippen LogP contribution in [0.2, 0.25) is 0 Å². The quantitative estimate of drug-likeness (QED) is 0.320. The lowest BCUT2D eigenvalue weighted by molar-refractivity contribution is -1.02. The molecule has 0 bridgehead atoms. The van der Waals surface area contributed by atoms with Gasteiger partial charge in [-0.2, -0.15) is 0 Å². The van der Waals surface area contributed by atoms with E-state index in [-0.39, 0.29) is 0 Å². The van der Waals surface area contributed by atoms with Gasteiger partial charge in [-0.15, -0.1) is 0 Å². The summed E-state index contributed by atoms with van der Waals surface area (Å²) in [5.74, 6) is 0. The van der Waals surface area contributed by atoms with Crippen LogP contribution in [0.15, 0.2) is 0 Å². The van der Waals surface area contributed by atoms with Crippen LogP contribution < -0.4 is 0 Å². The summed E-state index contributed by atoms with van der Waals surface area (Å²) in [5, 5.41) is 22.7. The molecule has 0 aliphatic carbocycles. The minimum Gasteiger partial charge on any atom is -0.567 e. The van der Waals surface area contributed by atoms with E-state index in [1.54, 1.807) is 41.5 Å². The van der Waals surface area contributed by atoms with Gasteiger partial charge in [0.1, 0.15) is 0 Å². The fourth-order valence-corrected chi connectivity index (χ4v) is 0.545. The number of hydroxylamine groups is 2. The van der Waals surface area contributed by atoms with Crippen molar-refractivity contribution < 1.29 is 9.72 Å². The van der Waals surface area contributed by atoms with Crippen LogP contribution in [0.25, 0.3) is 0 Å². The molecule has 0 N–H and O–H groups in total. The molecule has 0 unspecified atom stereocenters. The normalized spacial score (nSPS) is 15.8. The molecule has 4 nitrogen and oxygen atoms in total. The topological polar surface area (TPSA) is 52.1 Å². The highest BCUT2D eigenvalue weighted by molar-refractivity contribution is 4.56. The van der Waals surface area contributed by atoms with Crippen LogP contribution in [0.5, 0.6) is 0 Å². The van der Waals surface area contributed by atoms with Crippen LogP contribution in [0.3, 0.4) is 0 Å². The molecule has 4 heteroatoms. The summed E-state index contributed by atoms with van der Waals surface area (Å²) in [7, 11) is 0. The molecule has 0 fully saturated rings. The van der Waals surface area contributed by atoms with Gasteiger partial charge >= 0.3 is 0 Å². The Kier molecular flexibility index (Phi) is 2.72. The van der Waals surface area contributed by atoms with E-state index >= 15 is 0 Å². The van der Waals surface area contributed by atoms with Gasteiger partial charge in [-0.1, -0.05) is 0 Å². The summed E-state index contributed by atoms with van der Waals surface area (Å²) in [6, 6.07) is 0. The van der Waals surface area contributed by atoms with E-state index in [0.717, 1.165) is 0 Å². The zero-order chi connectivity index (χ0) is 10.2. The van der Waals surface area contributed by atoms with Crippen molar-refractivity contribution in [2.45, 2.75) is 52.6 Å². The van der Waals surface area contributed by atoms with E-state index in [9.17, 15) is 10.4 Å². The van der Waals surface area contributed by atoms with Crippen molar-refractivity contribution in [3.05, 3.63) is 10.4 Å². The molecule has 12 heavy (non-hydrogen) atoms. The van der Waals surface area contributed by atoms with Gasteiger partial charge in [0.2, 0.25) is 11.1 Å². The number of hydrogen-bond donors (Lipinski definition) is 0. The molecule has 0 atom stereocenters. The Balaban J connectivity index is 4.96. The molecular weight excluding hydrogens is 156 g/mol. The standard InChI is InChI=1S/C8H18N2O2/c1-7(2,3)9(11)10(12)8(4,5)6/h1-6H3/b10-9-. The average Bonchev–Trinajstić information content (AvgIpc) is 1.80. The van der Waals surface area contributed by atoms with E-state index in [4.69, 9.17) is 0 Å². The first kappa shape index (κ1) is 11.2. The van der Waals surface area contributed by atoms with Crippen LogP contribution in [0, 0.1) is 10.4 Å². The molecule has 0 aliphatic heterocycles. The van der Waals surface area contributed by atoms with Crippen molar-refractivity contribution in [3.8, 4) is 0 Å². The lowest BCUT2D eigenvalue weighted by Gasteiger charge is -2.20. The summed E-state index contributed by atoms with van der Waals surface area (Å²) in [5.41, 5.74) is -1.34. The SMILES string of the molecule is CC(C)(C)/[N+]([O-])=[N+](/[O-])C(C)(C)C. The second-order valence-corrected chi connectivity index (χ2v) is 4.89. The van der Waals surface area contributed by atoms with E-state index in [0.29, 0.717) is 9.72 Å². The Morgan fingerprint density at radius 1 is 0.667 bits per heavy atom. The van der Waals surface area contributed by atoms with Gasteiger partial charge in [0, 0.05) is 51.3 Å². The molecule has 0 heterocycles. The molecule has 0 spiro atoms. The summed E-state index contributed by atoms with van der Waals surface area (Å²) in [6.07, 6.45) is 0. The molecule has 0 aromatic carbocycles. The monoisotopic (exact) mass is 174 g/mol. The minimum atomic E-state index is -0.672. The minimum absolute atomic E-state index is 0.465. The predicted octanol–water partition coefficient (Wildman–Crippen LogP) is 2.06. The first-order valence-electron chi connectivity index (χ1n) is 4.01. The third-order valence-electron chi connectivity index (χ3n) is 1.31. The molecule has 72 valence electrons. The number of hydrogen-bond acceptors (Lipinski definition) is 2. The largest absolute Gasteiger partial charge is 0.567 e. The van der Waals surface area contributed by atoms with Crippen LogP contribution in [0.1, 0.15) is 41.5 Å². The van der Waals surface area contributed by atoms with Crippen molar-refractivity contribution in [1.82, 2.24) is 0 Å². The molecule has 0 saturated heterocycles. The lowest BCUT2D eigenvalue weighted by atomic mass is 10.1. The van der Waals surface area contributed by atoms with Crippen molar-refractivity contribution >= 4 is 0 Å². The third-order valence-corrected chi connectivity index (χ3v) is 1.31. The predicted molar refractivity (Wildman–Crippen MR) is 46.8 cm³/mol. The van der Waals surface area contributed by atoms with Crippen LogP contribution in [-0.2, 0) is 0 Å². The fourth-order valence-electron chi connectivity index (χ4n) is 0.545. The number of rotatable bonds is 0. The van der Waals surface area contributed by atoms with E-state index in [2.05, 4.69) is 0 Å². The van der Waals surface area contributed by atoms with Gasteiger partial charge in [-0.05, 0) is 0 Å². The van der Waals surface area contributed by atoms with E-state index in [1.165, 1.54) is 0 Å². The van der Waals surface area contributed by atoms with Gasteiger partial charge in [0.15, 0.2) is 0 Å². The molecule has 0 radical (unpaired) electrons. The van der Waals surface area contributed by atoms with Crippen molar-refractivity contribution in [3.63, 3.8) is 0 Å².